The highest BCUT2D eigenvalue weighted by Crippen LogP contribution is 2.40. The number of aromatic nitrogens is 1. The Bertz CT molecular complexity index is 1000. The molecule has 144 valence electrons. The first-order chi connectivity index (χ1) is 13.7. The van der Waals surface area contributed by atoms with Crippen LogP contribution in [0.15, 0.2) is 42.7 Å². The molecule has 1 aliphatic rings. The highest BCUT2D eigenvalue weighted by atomic mass is 35.5. The van der Waals surface area contributed by atoms with E-state index in [1.807, 2.05) is 12.1 Å². The first kappa shape index (κ1) is 18.8. The molecule has 5 nitrogen and oxygen atoms in total. The molecule has 0 saturated heterocycles. The number of carbonyl (C=O) groups is 1. The van der Waals surface area contributed by atoms with Crippen molar-refractivity contribution in [1.82, 2.24) is 4.98 Å². The average Bonchev–Trinajstić information content (AvgIpc) is 3.28. The fourth-order valence-corrected chi connectivity index (χ4v) is 4.87. The number of pyridine rings is 1. The summed E-state index contributed by atoms with van der Waals surface area (Å²) < 4.78 is 5.35. The molecule has 2 aromatic heterocycles. The number of nitrogens with one attached hydrogen (secondary N) is 2. The fourth-order valence-electron chi connectivity index (χ4n) is 3.41. The van der Waals surface area contributed by atoms with E-state index < -0.39 is 0 Å². The number of carbonyl (C=O) groups excluding carboxylic acids is 1. The van der Waals surface area contributed by atoms with Crippen molar-refractivity contribution in [2.24, 2.45) is 0 Å². The van der Waals surface area contributed by atoms with E-state index in [9.17, 15) is 4.79 Å². The molecule has 0 spiro atoms. The lowest BCUT2D eigenvalue weighted by molar-refractivity contribution is 0.102. The third-order valence-electron chi connectivity index (χ3n) is 4.76. The number of amides is 1. The molecule has 4 rings (SSSR count). The van der Waals surface area contributed by atoms with E-state index >= 15 is 0 Å². The normalized spacial score (nSPS) is 12.5. The Morgan fingerprint density at radius 2 is 2.07 bits per heavy atom. The molecular weight excluding hydrogens is 394 g/mol. The van der Waals surface area contributed by atoms with Gasteiger partial charge in [-0.1, -0.05) is 11.6 Å². The van der Waals surface area contributed by atoms with Crippen molar-refractivity contribution in [2.75, 3.05) is 17.7 Å². The summed E-state index contributed by atoms with van der Waals surface area (Å²) in [6.45, 7) is 0.642. The van der Waals surface area contributed by atoms with E-state index in [4.69, 9.17) is 16.3 Å². The summed E-state index contributed by atoms with van der Waals surface area (Å²) in [6, 6.07) is 9.11. The topological polar surface area (TPSA) is 63.2 Å². The quantitative estimate of drug-likeness (QED) is 0.586. The zero-order valence-corrected chi connectivity index (χ0v) is 17.0. The van der Waals surface area contributed by atoms with Gasteiger partial charge < -0.3 is 15.4 Å². The summed E-state index contributed by atoms with van der Waals surface area (Å²) in [7, 11) is 1.57. The molecule has 1 aliphatic carbocycles. The van der Waals surface area contributed by atoms with Crippen LogP contribution in [0.3, 0.4) is 0 Å². The van der Waals surface area contributed by atoms with Gasteiger partial charge in [0, 0.05) is 28.8 Å². The van der Waals surface area contributed by atoms with Crippen LogP contribution in [0.4, 0.5) is 10.7 Å². The van der Waals surface area contributed by atoms with Gasteiger partial charge in [-0.15, -0.1) is 11.3 Å². The molecular formula is C21H20ClN3O2S. The summed E-state index contributed by atoms with van der Waals surface area (Å²) in [4.78, 5) is 18.5. The maximum Gasteiger partial charge on any atom is 0.259 e. The summed E-state index contributed by atoms with van der Waals surface area (Å²) in [5, 5.41) is 7.87. The number of halogens is 1. The van der Waals surface area contributed by atoms with Crippen molar-refractivity contribution in [2.45, 2.75) is 25.8 Å². The lowest BCUT2D eigenvalue weighted by atomic mass is 10.1. The number of aryl methyl sites for hydroxylation is 1. The SMILES string of the molecule is COc1ccc(Cl)cc1NC(=O)c1c(NCc2ccncc2)sc2c1CCC2. The zero-order valence-electron chi connectivity index (χ0n) is 15.4. The van der Waals surface area contributed by atoms with Gasteiger partial charge in [-0.25, -0.2) is 0 Å². The fraction of sp³-hybridized carbons (Fsp3) is 0.238. The Balaban J connectivity index is 1.61. The Morgan fingerprint density at radius 3 is 2.86 bits per heavy atom. The number of anilines is 2. The van der Waals surface area contributed by atoms with Gasteiger partial charge in [-0.2, -0.15) is 0 Å². The first-order valence-corrected chi connectivity index (χ1v) is 10.3. The van der Waals surface area contributed by atoms with Crippen LogP contribution in [0, 0.1) is 0 Å². The highest BCUT2D eigenvalue weighted by Gasteiger charge is 2.27. The van der Waals surface area contributed by atoms with E-state index in [0.717, 1.165) is 41.0 Å². The second kappa shape index (κ2) is 8.20. The minimum atomic E-state index is -0.141. The molecule has 2 N–H and O–H groups in total. The second-order valence-electron chi connectivity index (χ2n) is 6.57. The number of hydrogen-bond acceptors (Lipinski definition) is 5. The lowest BCUT2D eigenvalue weighted by Gasteiger charge is -2.13. The molecule has 0 unspecified atom stereocenters. The van der Waals surface area contributed by atoms with Crippen LogP contribution >= 0.6 is 22.9 Å². The van der Waals surface area contributed by atoms with E-state index in [0.29, 0.717) is 23.0 Å². The molecule has 0 aliphatic heterocycles. The van der Waals surface area contributed by atoms with Crippen molar-refractivity contribution < 1.29 is 9.53 Å². The summed E-state index contributed by atoms with van der Waals surface area (Å²) in [6.07, 6.45) is 6.58. The molecule has 2 heterocycles. The van der Waals surface area contributed by atoms with Crippen LogP contribution in [0.25, 0.3) is 0 Å². The Hall–Kier alpha value is -2.57. The maximum absolute atomic E-state index is 13.2. The molecule has 0 bridgehead atoms. The van der Waals surface area contributed by atoms with Crippen LogP contribution < -0.4 is 15.4 Å². The van der Waals surface area contributed by atoms with Crippen molar-refractivity contribution in [3.05, 3.63) is 69.3 Å². The number of hydrogen-bond donors (Lipinski definition) is 2. The van der Waals surface area contributed by atoms with Crippen molar-refractivity contribution in [1.29, 1.82) is 0 Å². The van der Waals surface area contributed by atoms with Gasteiger partial charge in [-0.05, 0) is 60.7 Å². The average molecular weight is 414 g/mol. The zero-order chi connectivity index (χ0) is 19.5. The molecule has 0 atom stereocenters. The van der Waals surface area contributed by atoms with E-state index in [1.165, 1.54) is 4.88 Å². The molecule has 28 heavy (non-hydrogen) atoms. The van der Waals surface area contributed by atoms with Crippen molar-refractivity contribution >= 4 is 39.5 Å². The number of fused-ring (bicyclic) bond motifs is 1. The first-order valence-electron chi connectivity index (χ1n) is 9.08. The third-order valence-corrected chi connectivity index (χ3v) is 6.25. The molecule has 0 saturated carbocycles. The van der Waals surface area contributed by atoms with Crippen molar-refractivity contribution in [3.63, 3.8) is 0 Å². The van der Waals surface area contributed by atoms with Crippen LogP contribution in [0.5, 0.6) is 5.75 Å². The Morgan fingerprint density at radius 1 is 1.25 bits per heavy atom. The van der Waals surface area contributed by atoms with E-state index in [1.54, 1.807) is 49.0 Å². The van der Waals surface area contributed by atoms with Crippen LogP contribution in [0.1, 0.15) is 32.8 Å². The van der Waals surface area contributed by atoms with Gasteiger partial charge in [0.05, 0.1) is 18.4 Å². The molecule has 0 fully saturated rings. The summed E-state index contributed by atoms with van der Waals surface area (Å²) in [5.41, 5.74) is 3.57. The van der Waals surface area contributed by atoms with E-state index in [-0.39, 0.29) is 5.91 Å². The predicted molar refractivity (Wildman–Crippen MR) is 114 cm³/mol. The lowest BCUT2D eigenvalue weighted by Crippen LogP contribution is -2.15. The minimum Gasteiger partial charge on any atom is -0.495 e. The molecule has 7 heteroatoms. The van der Waals surface area contributed by atoms with Crippen LogP contribution in [0.2, 0.25) is 5.02 Å². The minimum absolute atomic E-state index is 0.141. The van der Waals surface area contributed by atoms with Gasteiger partial charge in [0.2, 0.25) is 0 Å². The number of nitrogens with zero attached hydrogens (tertiary/aromatic N) is 1. The molecule has 1 aromatic carbocycles. The van der Waals surface area contributed by atoms with Gasteiger partial charge in [0.25, 0.3) is 5.91 Å². The number of thiophene rings is 1. The van der Waals surface area contributed by atoms with Gasteiger partial charge in [0.15, 0.2) is 0 Å². The Kier molecular flexibility index (Phi) is 5.50. The second-order valence-corrected chi connectivity index (χ2v) is 8.11. The molecule has 1 amide bonds. The number of methoxy groups -OCH3 is 1. The molecule has 3 aromatic rings. The Labute approximate surface area is 172 Å². The number of ether oxygens (including phenoxy) is 1. The third kappa shape index (κ3) is 3.84. The van der Waals surface area contributed by atoms with Crippen molar-refractivity contribution in [3.8, 4) is 5.75 Å². The number of rotatable bonds is 6. The van der Waals surface area contributed by atoms with Crippen LogP contribution in [-0.2, 0) is 19.4 Å². The number of benzene rings is 1. The van der Waals surface area contributed by atoms with Gasteiger partial charge >= 0.3 is 0 Å². The summed E-state index contributed by atoms with van der Waals surface area (Å²) >= 11 is 7.78. The van der Waals surface area contributed by atoms with Gasteiger partial charge in [-0.3, -0.25) is 9.78 Å². The molecule has 0 radical (unpaired) electrons. The highest BCUT2D eigenvalue weighted by molar-refractivity contribution is 7.16. The van der Waals surface area contributed by atoms with E-state index in [2.05, 4.69) is 15.6 Å². The van der Waals surface area contributed by atoms with Gasteiger partial charge in [0.1, 0.15) is 10.8 Å². The maximum atomic E-state index is 13.2. The smallest absolute Gasteiger partial charge is 0.259 e. The standard InChI is InChI=1S/C21H20ClN3O2S/c1-27-17-6-5-14(22)11-16(17)25-20(26)19-15-3-2-4-18(15)28-21(19)24-12-13-7-9-23-10-8-13/h5-11,24H,2-4,12H2,1H3,(H,25,26). The summed E-state index contributed by atoms with van der Waals surface area (Å²) in [5.74, 6) is 0.438. The van der Waals surface area contributed by atoms with Crippen LogP contribution in [-0.4, -0.2) is 18.0 Å². The predicted octanol–water partition coefficient (Wildman–Crippen LogP) is 5.16. The monoisotopic (exact) mass is 413 g/mol. The largest absolute Gasteiger partial charge is 0.495 e.